The van der Waals surface area contributed by atoms with Crippen LogP contribution in [0.5, 0.6) is 0 Å². The molecule has 0 bridgehead atoms. The third-order valence-electron chi connectivity index (χ3n) is 4.71. The Morgan fingerprint density at radius 1 is 1.17 bits per heavy atom. The Morgan fingerprint density at radius 2 is 1.92 bits per heavy atom. The van der Waals surface area contributed by atoms with Gasteiger partial charge >= 0.3 is 0 Å². The first kappa shape index (κ1) is 16.9. The molecule has 0 saturated carbocycles. The maximum absolute atomic E-state index is 5.04. The largest absolute Gasteiger partial charge is 0.359 e. The molecule has 2 aliphatic rings. The van der Waals surface area contributed by atoms with Crippen LogP contribution in [0.3, 0.4) is 0 Å². The van der Waals surface area contributed by atoms with Crippen LogP contribution in [-0.2, 0) is 6.42 Å². The van der Waals surface area contributed by atoms with E-state index in [2.05, 4.69) is 72.4 Å². The highest BCUT2D eigenvalue weighted by atomic mass is 15.4. The van der Waals surface area contributed by atoms with Crippen LogP contribution in [-0.4, -0.2) is 41.6 Å². The third-order valence-corrected chi connectivity index (χ3v) is 4.71. The minimum absolute atomic E-state index is 0.174. The second kappa shape index (κ2) is 7.73. The molecule has 0 fully saturated rings. The molecule has 130 valence electrons. The summed E-state index contributed by atoms with van der Waals surface area (Å²) in [5.41, 5.74) is 2.59. The molecule has 3 rings (SSSR count). The lowest BCUT2D eigenvalue weighted by atomic mass is 9.99. The maximum Gasteiger partial charge on any atom is 0.152 e. The molecule has 0 aromatic heterocycles. The van der Waals surface area contributed by atoms with E-state index in [0.29, 0.717) is 5.92 Å². The van der Waals surface area contributed by atoms with E-state index < -0.39 is 0 Å². The SMILES string of the molecule is CCCN1C=C2NC([C@H](C)Cc3ccccc3)N=C2N(CCC)C1. The van der Waals surface area contributed by atoms with Gasteiger partial charge in [0.25, 0.3) is 0 Å². The van der Waals surface area contributed by atoms with Crippen LogP contribution in [0.4, 0.5) is 0 Å². The minimum atomic E-state index is 0.174. The molecule has 4 heteroatoms. The van der Waals surface area contributed by atoms with Gasteiger partial charge in [0, 0.05) is 25.2 Å². The zero-order valence-corrected chi connectivity index (χ0v) is 15.2. The lowest BCUT2D eigenvalue weighted by molar-refractivity contribution is 0.235. The highest BCUT2D eigenvalue weighted by molar-refractivity contribution is 6.00. The fourth-order valence-electron chi connectivity index (χ4n) is 3.55. The van der Waals surface area contributed by atoms with E-state index >= 15 is 0 Å². The Morgan fingerprint density at radius 3 is 2.62 bits per heavy atom. The van der Waals surface area contributed by atoms with Crippen LogP contribution in [0, 0.1) is 5.92 Å². The van der Waals surface area contributed by atoms with Crippen molar-refractivity contribution in [1.29, 1.82) is 0 Å². The second-order valence-corrected chi connectivity index (χ2v) is 6.97. The van der Waals surface area contributed by atoms with E-state index in [9.17, 15) is 0 Å². The van der Waals surface area contributed by atoms with Gasteiger partial charge in [0.05, 0.1) is 12.4 Å². The second-order valence-electron chi connectivity index (χ2n) is 6.97. The summed E-state index contributed by atoms with van der Waals surface area (Å²) in [5.74, 6) is 1.63. The van der Waals surface area contributed by atoms with Gasteiger partial charge in [-0.15, -0.1) is 0 Å². The van der Waals surface area contributed by atoms with Gasteiger partial charge in [0.2, 0.25) is 0 Å². The first-order valence-electron chi connectivity index (χ1n) is 9.30. The van der Waals surface area contributed by atoms with Crippen molar-refractivity contribution in [2.24, 2.45) is 10.9 Å². The number of hydrogen-bond donors (Lipinski definition) is 1. The first-order valence-corrected chi connectivity index (χ1v) is 9.30. The quantitative estimate of drug-likeness (QED) is 0.833. The average Bonchev–Trinajstić information content (AvgIpc) is 3.01. The van der Waals surface area contributed by atoms with Gasteiger partial charge in [-0.05, 0) is 24.8 Å². The van der Waals surface area contributed by atoms with Crippen molar-refractivity contribution in [3.63, 3.8) is 0 Å². The number of fused-ring (bicyclic) bond motifs is 1. The van der Waals surface area contributed by atoms with Gasteiger partial charge in [-0.1, -0.05) is 51.1 Å². The van der Waals surface area contributed by atoms with Crippen LogP contribution in [0.25, 0.3) is 0 Å². The lowest BCUT2D eigenvalue weighted by Gasteiger charge is -2.35. The maximum atomic E-state index is 5.04. The van der Waals surface area contributed by atoms with Crippen molar-refractivity contribution < 1.29 is 0 Å². The Bertz CT molecular complexity index is 593. The molecule has 2 heterocycles. The van der Waals surface area contributed by atoms with E-state index in [1.54, 1.807) is 0 Å². The summed E-state index contributed by atoms with van der Waals surface area (Å²) >= 11 is 0. The number of rotatable bonds is 7. The van der Waals surface area contributed by atoms with Gasteiger partial charge in [0.1, 0.15) is 6.17 Å². The average molecular weight is 326 g/mol. The normalized spacial score (nSPS) is 21.0. The van der Waals surface area contributed by atoms with Crippen molar-refractivity contribution in [2.75, 3.05) is 19.8 Å². The van der Waals surface area contributed by atoms with Crippen LogP contribution in [0.2, 0.25) is 0 Å². The number of hydrogen-bond acceptors (Lipinski definition) is 4. The number of benzene rings is 1. The van der Waals surface area contributed by atoms with Crippen molar-refractivity contribution >= 4 is 5.84 Å². The van der Waals surface area contributed by atoms with Gasteiger partial charge in [-0.25, -0.2) is 4.99 Å². The van der Waals surface area contributed by atoms with E-state index in [1.165, 1.54) is 17.7 Å². The van der Waals surface area contributed by atoms with Crippen molar-refractivity contribution in [1.82, 2.24) is 15.1 Å². The molecule has 0 spiro atoms. The fraction of sp³-hybridized carbons (Fsp3) is 0.550. The predicted octanol–water partition coefficient (Wildman–Crippen LogP) is 3.43. The molecule has 0 amide bonds. The minimum Gasteiger partial charge on any atom is -0.359 e. The van der Waals surface area contributed by atoms with Crippen LogP contribution in [0.1, 0.15) is 39.2 Å². The van der Waals surface area contributed by atoms with Gasteiger partial charge in [-0.3, -0.25) is 0 Å². The van der Waals surface area contributed by atoms with Gasteiger partial charge < -0.3 is 15.1 Å². The number of aliphatic imine (C=N–C) groups is 1. The molecular weight excluding hydrogens is 296 g/mol. The summed E-state index contributed by atoms with van der Waals surface area (Å²) in [6.45, 7) is 9.90. The number of nitrogens with one attached hydrogen (secondary N) is 1. The lowest BCUT2D eigenvalue weighted by Crippen LogP contribution is -2.45. The predicted molar refractivity (Wildman–Crippen MR) is 101 cm³/mol. The molecule has 24 heavy (non-hydrogen) atoms. The first-order chi connectivity index (χ1) is 11.7. The zero-order valence-electron chi connectivity index (χ0n) is 15.2. The summed E-state index contributed by atoms with van der Waals surface area (Å²) in [4.78, 5) is 9.87. The number of nitrogens with zero attached hydrogens (tertiary/aromatic N) is 3. The molecule has 0 saturated heterocycles. The Hall–Kier alpha value is -1.97. The fourth-order valence-corrected chi connectivity index (χ4v) is 3.55. The van der Waals surface area contributed by atoms with Gasteiger partial charge in [0.15, 0.2) is 5.84 Å². The molecule has 1 unspecified atom stereocenters. The molecule has 1 N–H and O–H groups in total. The molecular formula is C20H30N4. The van der Waals surface area contributed by atoms with Crippen LogP contribution >= 0.6 is 0 Å². The topological polar surface area (TPSA) is 30.9 Å². The summed E-state index contributed by atoms with van der Waals surface area (Å²) in [6, 6.07) is 10.7. The molecule has 0 radical (unpaired) electrons. The highest BCUT2D eigenvalue weighted by Gasteiger charge is 2.32. The molecule has 1 aromatic rings. The van der Waals surface area contributed by atoms with Gasteiger partial charge in [-0.2, -0.15) is 0 Å². The van der Waals surface area contributed by atoms with Crippen molar-refractivity contribution in [2.45, 2.75) is 46.2 Å². The van der Waals surface area contributed by atoms with E-state index in [-0.39, 0.29) is 6.17 Å². The molecule has 4 nitrogen and oxygen atoms in total. The summed E-state index contributed by atoms with van der Waals surface area (Å²) in [5, 5.41) is 3.66. The van der Waals surface area contributed by atoms with E-state index in [1.807, 2.05) is 0 Å². The zero-order chi connectivity index (χ0) is 16.9. The Labute approximate surface area is 146 Å². The monoisotopic (exact) mass is 326 g/mol. The van der Waals surface area contributed by atoms with Crippen molar-refractivity contribution in [3.8, 4) is 0 Å². The summed E-state index contributed by atoms with van der Waals surface area (Å²) < 4.78 is 0. The molecule has 0 aliphatic carbocycles. The van der Waals surface area contributed by atoms with Crippen LogP contribution in [0.15, 0.2) is 47.2 Å². The third kappa shape index (κ3) is 3.74. The standard InChI is InChI=1S/C20H30N4/c1-4-11-23-14-18-20(24(15-23)12-5-2)22-19(21-18)16(3)13-17-9-7-6-8-10-17/h6-10,14,16,19,21H,4-5,11-13,15H2,1-3H3/t16-,19?/m1/s1. The smallest absolute Gasteiger partial charge is 0.152 e. The number of amidine groups is 1. The molecule has 1 aromatic carbocycles. The van der Waals surface area contributed by atoms with E-state index in [0.717, 1.165) is 38.4 Å². The molecule has 2 atom stereocenters. The Balaban J connectivity index is 1.73. The molecule has 2 aliphatic heterocycles. The summed E-state index contributed by atoms with van der Waals surface area (Å²) in [6.07, 6.45) is 5.81. The Kier molecular flexibility index (Phi) is 5.44. The van der Waals surface area contributed by atoms with Crippen molar-refractivity contribution in [3.05, 3.63) is 47.8 Å². The highest BCUT2D eigenvalue weighted by Crippen LogP contribution is 2.24. The summed E-state index contributed by atoms with van der Waals surface area (Å²) in [7, 11) is 0. The van der Waals surface area contributed by atoms with Crippen LogP contribution < -0.4 is 5.32 Å². The van der Waals surface area contributed by atoms with E-state index in [4.69, 9.17) is 4.99 Å².